The van der Waals surface area contributed by atoms with E-state index < -0.39 is 0 Å². The molecule has 0 fully saturated rings. The van der Waals surface area contributed by atoms with E-state index in [4.69, 9.17) is 14.2 Å². The van der Waals surface area contributed by atoms with E-state index >= 15 is 0 Å². The molecule has 0 aromatic heterocycles. The zero-order valence-corrected chi connectivity index (χ0v) is 30.2. The summed E-state index contributed by atoms with van der Waals surface area (Å²) in [5.74, 6) is -0.0987. The van der Waals surface area contributed by atoms with Crippen LogP contribution in [-0.4, -0.2) is 98.9 Å². The van der Waals surface area contributed by atoms with Gasteiger partial charge in [-0.1, -0.05) is 109 Å². The van der Waals surface area contributed by atoms with Gasteiger partial charge in [0.25, 0.3) is 0 Å². The van der Waals surface area contributed by atoms with Crippen LogP contribution in [0.1, 0.15) is 123 Å². The van der Waals surface area contributed by atoms with Gasteiger partial charge in [0, 0.05) is 32.6 Å². The molecule has 0 bridgehead atoms. The van der Waals surface area contributed by atoms with Crippen LogP contribution >= 0.6 is 0 Å². The van der Waals surface area contributed by atoms with Crippen molar-refractivity contribution >= 4 is 12.1 Å². The van der Waals surface area contributed by atoms with Crippen LogP contribution in [0.3, 0.4) is 0 Å². The third-order valence-corrected chi connectivity index (χ3v) is 8.50. The number of benzene rings is 1. The molecular weight excluding hydrogens is 578 g/mol. The number of ether oxygens (including phenoxy) is 3. The molecule has 0 unspecified atom stereocenters. The number of unbranched alkanes of at least 4 members (excludes halogenated alkanes) is 9. The quantitative estimate of drug-likeness (QED) is 0.0593. The molecule has 0 saturated carbocycles. The predicted molar refractivity (Wildman–Crippen MR) is 190 cm³/mol. The second-order valence-corrected chi connectivity index (χ2v) is 12.4. The van der Waals surface area contributed by atoms with Gasteiger partial charge in [-0.05, 0) is 63.8 Å². The summed E-state index contributed by atoms with van der Waals surface area (Å²) in [6.45, 7) is 18.0. The smallest absolute Gasteiger partial charge is 0.409 e. The molecule has 8 nitrogen and oxygen atoms in total. The lowest BCUT2D eigenvalue weighted by Crippen LogP contribution is -2.37. The topological polar surface area (TPSA) is 71.6 Å². The number of hydrogen-bond donors (Lipinski definition) is 0. The SMILES string of the molecule is CCCCCCCOC(=O)CCCCCN(CCCCCC)C(=O)OCCN(CCCN(CC)CC)CCOCc1ccccc1. The third-order valence-electron chi connectivity index (χ3n) is 8.50. The van der Waals surface area contributed by atoms with Crippen LogP contribution in [0.5, 0.6) is 0 Å². The number of hydrogen-bond acceptors (Lipinski definition) is 7. The van der Waals surface area contributed by atoms with Crippen molar-refractivity contribution in [3.8, 4) is 0 Å². The highest BCUT2D eigenvalue weighted by Gasteiger charge is 2.16. The Bertz CT molecular complexity index is 837. The largest absolute Gasteiger partial charge is 0.466 e. The number of rotatable bonds is 31. The van der Waals surface area contributed by atoms with E-state index in [9.17, 15) is 9.59 Å². The third kappa shape index (κ3) is 23.2. The highest BCUT2D eigenvalue weighted by Crippen LogP contribution is 2.09. The Morgan fingerprint density at radius 1 is 0.565 bits per heavy atom. The van der Waals surface area contributed by atoms with Crippen LogP contribution in [0.4, 0.5) is 4.79 Å². The number of nitrogens with zero attached hydrogens (tertiary/aromatic N) is 3. The van der Waals surface area contributed by atoms with Gasteiger partial charge in [-0.3, -0.25) is 9.69 Å². The van der Waals surface area contributed by atoms with Crippen molar-refractivity contribution in [2.24, 2.45) is 0 Å². The lowest BCUT2D eigenvalue weighted by molar-refractivity contribution is -0.143. The van der Waals surface area contributed by atoms with Gasteiger partial charge in [0.05, 0.1) is 19.8 Å². The van der Waals surface area contributed by atoms with Gasteiger partial charge in [0.1, 0.15) is 6.61 Å². The average Bonchev–Trinajstić information content (AvgIpc) is 3.07. The Morgan fingerprint density at radius 2 is 1.17 bits per heavy atom. The zero-order valence-electron chi connectivity index (χ0n) is 30.2. The summed E-state index contributed by atoms with van der Waals surface area (Å²) in [5, 5.41) is 0. The number of carbonyl (C=O) groups excluding carboxylic acids is 2. The Morgan fingerprint density at radius 3 is 1.85 bits per heavy atom. The Labute approximate surface area is 282 Å². The van der Waals surface area contributed by atoms with E-state index in [0.717, 1.165) is 90.6 Å². The standard InChI is InChI=1S/C38H69N3O5/c1-5-9-11-13-21-32-45-37(42)25-18-15-20-29-41(28-19-12-10-6-2)38(43)46-34-31-40(27-22-26-39(7-3)8-4)30-33-44-35-36-23-16-14-17-24-36/h14,16-17,23-24H,5-13,15,18-22,25-35H2,1-4H3. The van der Waals surface area contributed by atoms with Crippen LogP contribution in [-0.2, 0) is 25.6 Å². The van der Waals surface area contributed by atoms with Crippen molar-refractivity contribution in [1.82, 2.24) is 14.7 Å². The molecule has 1 aromatic carbocycles. The normalized spacial score (nSPS) is 11.3. The van der Waals surface area contributed by atoms with E-state index in [1.807, 2.05) is 23.1 Å². The Balaban J connectivity index is 2.47. The number of carbonyl (C=O) groups is 2. The minimum atomic E-state index is -0.220. The van der Waals surface area contributed by atoms with Crippen molar-refractivity contribution < 1.29 is 23.8 Å². The lowest BCUT2D eigenvalue weighted by Gasteiger charge is -2.26. The van der Waals surface area contributed by atoms with Crippen molar-refractivity contribution in [3.63, 3.8) is 0 Å². The minimum Gasteiger partial charge on any atom is -0.466 e. The fraction of sp³-hybridized carbons (Fsp3) is 0.789. The molecular formula is C38H69N3O5. The summed E-state index contributed by atoms with van der Waals surface area (Å²) in [4.78, 5) is 31.9. The maximum absolute atomic E-state index is 13.2. The van der Waals surface area contributed by atoms with Gasteiger partial charge in [0.2, 0.25) is 0 Å². The minimum absolute atomic E-state index is 0.0987. The van der Waals surface area contributed by atoms with Gasteiger partial charge in [-0.2, -0.15) is 0 Å². The molecule has 0 spiro atoms. The molecule has 0 saturated heterocycles. The maximum atomic E-state index is 13.2. The average molecular weight is 648 g/mol. The Kier molecular flexibility index (Phi) is 27.5. The first-order valence-corrected chi connectivity index (χ1v) is 18.7. The van der Waals surface area contributed by atoms with Crippen LogP contribution in [0.25, 0.3) is 0 Å². The molecule has 8 heteroatoms. The summed E-state index contributed by atoms with van der Waals surface area (Å²) in [6.07, 6.45) is 14.1. The monoisotopic (exact) mass is 648 g/mol. The summed E-state index contributed by atoms with van der Waals surface area (Å²) in [5.41, 5.74) is 1.18. The molecule has 1 amide bonds. The highest BCUT2D eigenvalue weighted by molar-refractivity contribution is 5.69. The van der Waals surface area contributed by atoms with Crippen molar-refractivity contribution in [2.45, 2.75) is 124 Å². The zero-order chi connectivity index (χ0) is 33.5. The highest BCUT2D eigenvalue weighted by atomic mass is 16.6. The van der Waals surface area contributed by atoms with E-state index in [1.165, 1.54) is 37.7 Å². The van der Waals surface area contributed by atoms with Crippen LogP contribution in [0.2, 0.25) is 0 Å². The molecule has 46 heavy (non-hydrogen) atoms. The van der Waals surface area contributed by atoms with E-state index in [2.05, 4.69) is 49.6 Å². The molecule has 0 aliphatic heterocycles. The second-order valence-electron chi connectivity index (χ2n) is 12.4. The van der Waals surface area contributed by atoms with Crippen LogP contribution in [0, 0.1) is 0 Å². The van der Waals surface area contributed by atoms with Crippen molar-refractivity contribution in [1.29, 1.82) is 0 Å². The van der Waals surface area contributed by atoms with Gasteiger partial charge in [0.15, 0.2) is 0 Å². The number of esters is 1. The summed E-state index contributed by atoms with van der Waals surface area (Å²) in [7, 11) is 0. The van der Waals surface area contributed by atoms with E-state index in [1.54, 1.807) is 0 Å². The molecule has 0 atom stereocenters. The van der Waals surface area contributed by atoms with Crippen molar-refractivity contribution in [2.75, 3.05) is 72.2 Å². The fourth-order valence-corrected chi connectivity index (χ4v) is 5.44. The molecule has 0 radical (unpaired) electrons. The molecule has 1 rings (SSSR count). The van der Waals surface area contributed by atoms with Gasteiger partial charge in [-0.25, -0.2) is 4.79 Å². The van der Waals surface area contributed by atoms with E-state index in [-0.39, 0.29) is 12.1 Å². The van der Waals surface area contributed by atoms with Gasteiger partial charge < -0.3 is 24.0 Å². The molecule has 0 heterocycles. The molecule has 266 valence electrons. The molecule has 0 aliphatic rings. The first-order chi connectivity index (χ1) is 22.5. The summed E-state index contributed by atoms with van der Waals surface area (Å²) in [6, 6.07) is 10.3. The molecule has 1 aromatic rings. The fourth-order valence-electron chi connectivity index (χ4n) is 5.44. The van der Waals surface area contributed by atoms with Crippen molar-refractivity contribution in [3.05, 3.63) is 35.9 Å². The van der Waals surface area contributed by atoms with E-state index in [0.29, 0.717) is 45.9 Å². The predicted octanol–water partition coefficient (Wildman–Crippen LogP) is 8.33. The second kappa shape index (κ2) is 30.2. The number of amides is 1. The molecule has 0 aliphatic carbocycles. The molecule has 0 N–H and O–H groups in total. The first-order valence-electron chi connectivity index (χ1n) is 18.7. The lowest BCUT2D eigenvalue weighted by atomic mass is 10.1. The van der Waals surface area contributed by atoms with Crippen LogP contribution < -0.4 is 0 Å². The van der Waals surface area contributed by atoms with Gasteiger partial charge in [-0.15, -0.1) is 0 Å². The first kappa shape index (κ1) is 41.9. The summed E-state index contributed by atoms with van der Waals surface area (Å²) >= 11 is 0. The summed E-state index contributed by atoms with van der Waals surface area (Å²) < 4.78 is 17.2. The van der Waals surface area contributed by atoms with Crippen LogP contribution in [0.15, 0.2) is 30.3 Å². The van der Waals surface area contributed by atoms with Gasteiger partial charge >= 0.3 is 12.1 Å². The maximum Gasteiger partial charge on any atom is 0.409 e. The Hall–Kier alpha value is -2.16.